The van der Waals surface area contributed by atoms with E-state index < -0.39 is 11.9 Å². The first-order chi connectivity index (χ1) is 14.3. The van der Waals surface area contributed by atoms with Gasteiger partial charge in [0.1, 0.15) is 0 Å². The first kappa shape index (κ1) is 21.6. The second-order valence-corrected chi connectivity index (χ2v) is 8.09. The fourth-order valence-corrected chi connectivity index (χ4v) is 3.61. The Morgan fingerprint density at radius 1 is 1.13 bits per heavy atom. The number of nitrogens with one attached hydrogen (secondary N) is 1. The number of benzene rings is 2. The highest BCUT2D eigenvalue weighted by Gasteiger charge is 2.36. The standard InChI is InChI=1S/C24H28N2O4/c1-15(2)20-7-5-6-17(4)23(20)25-21(27)14-30-24(29)18-12-22(28)26(13-18)19-10-8-16(3)9-11-19/h5-11,15,18H,12-14H2,1-4H3,(H,25,27)/t18-/m1/s1. The molecule has 1 fully saturated rings. The zero-order valence-electron chi connectivity index (χ0n) is 17.9. The van der Waals surface area contributed by atoms with Gasteiger partial charge >= 0.3 is 5.97 Å². The predicted molar refractivity (Wildman–Crippen MR) is 116 cm³/mol. The van der Waals surface area contributed by atoms with Gasteiger partial charge in [-0.15, -0.1) is 0 Å². The number of rotatable bonds is 6. The number of esters is 1. The molecule has 0 aromatic heterocycles. The molecule has 0 bridgehead atoms. The second-order valence-electron chi connectivity index (χ2n) is 8.09. The van der Waals surface area contributed by atoms with Gasteiger partial charge in [0.05, 0.1) is 5.92 Å². The van der Waals surface area contributed by atoms with E-state index in [-0.39, 0.29) is 37.3 Å². The Morgan fingerprint density at radius 3 is 2.50 bits per heavy atom. The topological polar surface area (TPSA) is 75.7 Å². The second kappa shape index (κ2) is 9.11. The van der Waals surface area contributed by atoms with E-state index in [1.165, 1.54) is 0 Å². The van der Waals surface area contributed by atoms with Crippen LogP contribution in [0.2, 0.25) is 0 Å². The average molecular weight is 408 g/mol. The Morgan fingerprint density at radius 2 is 1.83 bits per heavy atom. The fraction of sp³-hybridized carbons (Fsp3) is 0.375. The molecule has 1 N–H and O–H groups in total. The number of carbonyl (C=O) groups is 3. The van der Waals surface area contributed by atoms with Crippen molar-refractivity contribution in [2.45, 2.75) is 40.0 Å². The number of ether oxygens (including phenoxy) is 1. The summed E-state index contributed by atoms with van der Waals surface area (Å²) < 4.78 is 5.22. The zero-order valence-corrected chi connectivity index (χ0v) is 17.9. The van der Waals surface area contributed by atoms with Gasteiger partial charge < -0.3 is 15.0 Å². The normalized spacial score (nSPS) is 16.1. The third-order valence-corrected chi connectivity index (χ3v) is 5.34. The van der Waals surface area contributed by atoms with Crippen LogP contribution in [0.4, 0.5) is 11.4 Å². The van der Waals surface area contributed by atoms with Crippen molar-refractivity contribution in [3.63, 3.8) is 0 Å². The van der Waals surface area contributed by atoms with Crippen LogP contribution in [0.15, 0.2) is 42.5 Å². The highest BCUT2D eigenvalue weighted by Crippen LogP contribution is 2.28. The number of anilines is 2. The Labute approximate surface area is 177 Å². The van der Waals surface area contributed by atoms with Crippen LogP contribution in [0, 0.1) is 19.8 Å². The maximum atomic E-state index is 12.4. The number of aryl methyl sites for hydroxylation is 2. The van der Waals surface area contributed by atoms with Crippen molar-refractivity contribution in [1.29, 1.82) is 0 Å². The molecule has 1 atom stereocenters. The minimum atomic E-state index is -0.573. The minimum absolute atomic E-state index is 0.0869. The SMILES string of the molecule is Cc1ccc(N2C[C@H](C(=O)OCC(=O)Nc3c(C)cccc3C(C)C)CC2=O)cc1. The molecule has 0 saturated carbocycles. The molecule has 2 aromatic rings. The van der Waals surface area contributed by atoms with Crippen LogP contribution in [0.3, 0.4) is 0 Å². The van der Waals surface area contributed by atoms with Crippen molar-refractivity contribution in [2.24, 2.45) is 5.92 Å². The Bertz CT molecular complexity index is 950. The van der Waals surface area contributed by atoms with Crippen LogP contribution < -0.4 is 10.2 Å². The molecule has 3 rings (SSSR count). The van der Waals surface area contributed by atoms with Gasteiger partial charge in [-0.25, -0.2) is 0 Å². The monoisotopic (exact) mass is 408 g/mol. The van der Waals surface area contributed by atoms with Gasteiger partial charge in [-0.2, -0.15) is 0 Å². The fourth-order valence-electron chi connectivity index (χ4n) is 3.61. The number of carbonyl (C=O) groups excluding carboxylic acids is 3. The summed E-state index contributed by atoms with van der Waals surface area (Å²) in [7, 11) is 0. The quantitative estimate of drug-likeness (QED) is 0.734. The summed E-state index contributed by atoms with van der Waals surface area (Å²) >= 11 is 0. The molecule has 158 valence electrons. The summed E-state index contributed by atoms with van der Waals surface area (Å²) in [5.74, 6) is -1.36. The van der Waals surface area contributed by atoms with Crippen LogP contribution in [0.25, 0.3) is 0 Å². The van der Waals surface area contributed by atoms with Crippen LogP contribution in [-0.2, 0) is 19.1 Å². The van der Waals surface area contributed by atoms with Crippen LogP contribution >= 0.6 is 0 Å². The molecule has 0 radical (unpaired) electrons. The largest absolute Gasteiger partial charge is 0.455 e. The van der Waals surface area contributed by atoms with Crippen molar-refractivity contribution >= 4 is 29.2 Å². The van der Waals surface area contributed by atoms with E-state index in [2.05, 4.69) is 19.2 Å². The van der Waals surface area contributed by atoms with E-state index in [4.69, 9.17) is 4.74 Å². The van der Waals surface area contributed by atoms with Gasteiger partial charge in [-0.1, -0.05) is 49.7 Å². The Kier molecular flexibility index (Phi) is 6.55. The van der Waals surface area contributed by atoms with Crippen LogP contribution in [0.1, 0.15) is 42.9 Å². The maximum Gasteiger partial charge on any atom is 0.311 e. The molecule has 6 nitrogen and oxygen atoms in total. The number of amides is 2. The molecule has 2 aromatic carbocycles. The van der Waals surface area contributed by atoms with Gasteiger partial charge in [-0.05, 0) is 43.0 Å². The number of para-hydroxylation sites is 1. The van der Waals surface area contributed by atoms with Crippen molar-refractivity contribution in [3.05, 3.63) is 59.2 Å². The molecule has 2 amide bonds. The summed E-state index contributed by atoms with van der Waals surface area (Å²) in [6.07, 6.45) is 0.0869. The maximum absolute atomic E-state index is 12.4. The lowest BCUT2D eigenvalue weighted by Gasteiger charge is -2.17. The van der Waals surface area contributed by atoms with Crippen molar-refractivity contribution < 1.29 is 19.1 Å². The van der Waals surface area contributed by atoms with E-state index in [0.29, 0.717) is 0 Å². The molecule has 1 aliphatic heterocycles. The molecular weight excluding hydrogens is 380 g/mol. The number of hydrogen-bond acceptors (Lipinski definition) is 4. The lowest BCUT2D eigenvalue weighted by Crippen LogP contribution is -2.28. The summed E-state index contributed by atoms with van der Waals surface area (Å²) in [6, 6.07) is 13.4. The van der Waals surface area contributed by atoms with E-state index in [1.807, 2.05) is 56.3 Å². The highest BCUT2D eigenvalue weighted by molar-refractivity contribution is 6.00. The molecule has 30 heavy (non-hydrogen) atoms. The molecular formula is C24H28N2O4. The van der Waals surface area contributed by atoms with Crippen molar-refractivity contribution in [3.8, 4) is 0 Å². The average Bonchev–Trinajstić information content (AvgIpc) is 3.10. The molecule has 1 heterocycles. The smallest absolute Gasteiger partial charge is 0.311 e. The first-order valence-electron chi connectivity index (χ1n) is 10.2. The third-order valence-electron chi connectivity index (χ3n) is 5.34. The summed E-state index contributed by atoms with van der Waals surface area (Å²) in [5, 5.41) is 2.86. The van der Waals surface area contributed by atoms with E-state index in [1.54, 1.807) is 4.90 Å². The van der Waals surface area contributed by atoms with Crippen LogP contribution in [0.5, 0.6) is 0 Å². The molecule has 1 saturated heterocycles. The number of hydrogen-bond donors (Lipinski definition) is 1. The van der Waals surface area contributed by atoms with Gasteiger partial charge in [0, 0.05) is 24.3 Å². The van der Waals surface area contributed by atoms with E-state index in [0.717, 1.165) is 28.1 Å². The van der Waals surface area contributed by atoms with Gasteiger partial charge in [-0.3, -0.25) is 14.4 Å². The van der Waals surface area contributed by atoms with Gasteiger partial charge in [0.15, 0.2) is 6.61 Å². The minimum Gasteiger partial charge on any atom is -0.455 e. The summed E-state index contributed by atoms with van der Waals surface area (Å²) in [5.41, 5.74) is 4.61. The van der Waals surface area contributed by atoms with Gasteiger partial charge in [0.2, 0.25) is 5.91 Å². The number of nitrogens with zero attached hydrogens (tertiary/aromatic N) is 1. The lowest BCUT2D eigenvalue weighted by molar-refractivity contribution is -0.151. The first-order valence-corrected chi connectivity index (χ1v) is 10.2. The third kappa shape index (κ3) is 4.87. The summed E-state index contributed by atoms with van der Waals surface area (Å²) in [6.45, 7) is 7.90. The van der Waals surface area contributed by atoms with Crippen molar-refractivity contribution in [1.82, 2.24) is 0 Å². The Hall–Kier alpha value is -3.15. The summed E-state index contributed by atoms with van der Waals surface area (Å²) in [4.78, 5) is 38.7. The highest BCUT2D eigenvalue weighted by atomic mass is 16.5. The van der Waals surface area contributed by atoms with Gasteiger partial charge in [0.25, 0.3) is 5.91 Å². The molecule has 1 aliphatic rings. The predicted octanol–water partition coefficient (Wildman–Crippen LogP) is 3.96. The molecule has 6 heteroatoms. The molecule has 0 unspecified atom stereocenters. The molecule has 0 aliphatic carbocycles. The Balaban J connectivity index is 1.57. The van der Waals surface area contributed by atoms with E-state index in [9.17, 15) is 14.4 Å². The van der Waals surface area contributed by atoms with Crippen molar-refractivity contribution in [2.75, 3.05) is 23.4 Å². The lowest BCUT2D eigenvalue weighted by atomic mass is 9.98. The molecule has 0 spiro atoms. The zero-order chi connectivity index (χ0) is 21.8. The van der Waals surface area contributed by atoms with E-state index >= 15 is 0 Å². The van der Waals surface area contributed by atoms with Crippen LogP contribution in [-0.4, -0.2) is 30.9 Å².